The van der Waals surface area contributed by atoms with Crippen LogP contribution in [0.2, 0.25) is 0 Å². The Morgan fingerprint density at radius 2 is 1.60 bits per heavy atom. The van der Waals surface area contributed by atoms with E-state index in [0.717, 1.165) is 10.4 Å². The van der Waals surface area contributed by atoms with E-state index in [4.69, 9.17) is 0 Å². The first-order valence-corrected chi connectivity index (χ1v) is 5.37. The zero-order valence-corrected chi connectivity index (χ0v) is 10.5. The molecule has 2 heteroatoms. The van der Waals surface area contributed by atoms with Crippen molar-refractivity contribution < 1.29 is 0 Å². The highest BCUT2D eigenvalue weighted by molar-refractivity contribution is 5.24. The predicted molar refractivity (Wildman–Crippen MR) is 69.2 cm³/mol. The molecule has 1 aromatic rings. The summed E-state index contributed by atoms with van der Waals surface area (Å²) in [6, 6.07) is 7.79. The largest absolute Gasteiger partial charge is 0.193 e. The lowest BCUT2D eigenvalue weighted by Crippen LogP contribution is -2.21. The third kappa shape index (κ3) is 7.62. The van der Waals surface area contributed by atoms with Crippen molar-refractivity contribution in [2.24, 2.45) is 10.2 Å². The van der Waals surface area contributed by atoms with Crippen LogP contribution in [0.15, 0.2) is 34.5 Å². The Morgan fingerprint density at radius 3 is 2.07 bits per heavy atom. The van der Waals surface area contributed by atoms with Gasteiger partial charge in [0.25, 0.3) is 0 Å². The van der Waals surface area contributed by atoms with Crippen molar-refractivity contribution in [3.63, 3.8) is 0 Å². The van der Waals surface area contributed by atoms with Gasteiger partial charge >= 0.3 is 0 Å². The predicted octanol–water partition coefficient (Wildman–Crippen LogP) is 2.97. The smallest absolute Gasteiger partial charge is 0.0569 e. The van der Waals surface area contributed by atoms with E-state index in [1.54, 1.807) is 13.2 Å². The van der Waals surface area contributed by atoms with E-state index in [0.29, 0.717) is 0 Å². The summed E-state index contributed by atoms with van der Waals surface area (Å²) in [5.74, 6) is 0. The summed E-state index contributed by atoms with van der Waals surface area (Å²) < 4.78 is 0. The van der Waals surface area contributed by atoms with Gasteiger partial charge in [-0.05, 0) is 5.22 Å². The second-order valence-corrected chi connectivity index (χ2v) is 2.14. The summed E-state index contributed by atoms with van der Waals surface area (Å²) in [5, 5.41) is 9.36. The van der Waals surface area contributed by atoms with Crippen molar-refractivity contribution in [2.75, 3.05) is 7.05 Å². The molecule has 2 nitrogen and oxygen atoms in total. The van der Waals surface area contributed by atoms with Crippen LogP contribution < -0.4 is 10.4 Å². The van der Waals surface area contributed by atoms with Gasteiger partial charge in [-0.15, -0.1) is 0 Å². The molecule has 0 unspecified atom stereocenters. The van der Waals surface area contributed by atoms with Crippen molar-refractivity contribution in [2.45, 2.75) is 27.7 Å². The fourth-order valence-corrected chi connectivity index (χ4v) is 0.780. The first-order chi connectivity index (χ1) is 7.34. The standard InChI is InChI=1S/C9H10N2.2C2H6/c1-8-5-3-4-6-9(8)7-11-10-2;2*1-2/h3-7H,1H2,2H3;2*1-2H3/b9-7-,11-10?;;. The molecule has 0 aromatic heterocycles. The van der Waals surface area contributed by atoms with Crippen molar-refractivity contribution in [3.8, 4) is 0 Å². The first kappa shape index (κ1) is 16.0. The third-order valence-electron chi connectivity index (χ3n) is 1.37. The van der Waals surface area contributed by atoms with E-state index in [1.807, 2.05) is 52.0 Å². The van der Waals surface area contributed by atoms with E-state index >= 15 is 0 Å². The molecule has 0 bridgehead atoms. The van der Waals surface area contributed by atoms with Crippen LogP contribution in [0.3, 0.4) is 0 Å². The number of nitrogens with zero attached hydrogens (tertiary/aromatic N) is 2. The van der Waals surface area contributed by atoms with Gasteiger partial charge in [0.2, 0.25) is 0 Å². The molecule has 0 aliphatic heterocycles. The Hall–Kier alpha value is -1.44. The molecule has 1 rings (SSSR count). The Balaban J connectivity index is 0. The van der Waals surface area contributed by atoms with Crippen LogP contribution in [0.4, 0.5) is 0 Å². The molecule has 0 atom stereocenters. The summed E-state index contributed by atoms with van der Waals surface area (Å²) in [6.45, 7) is 11.8. The van der Waals surface area contributed by atoms with Crippen LogP contribution in [-0.4, -0.2) is 7.05 Å². The monoisotopic (exact) mass is 206 g/mol. The molecule has 0 spiro atoms. The first-order valence-electron chi connectivity index (χ1n) is 5.37. The highest BCUT2D eigenvalue weighted by atomic mass is 15.1. The van der Waals surface area contributed by atoms with Gasteiger partial charge in [-0.2, -0.15) is 10.2 Å². The van der Waals surface area contributed by atoms with Gasteiger partial charge in [-0.1, -0.05) is 58.5 Å². The SMILES string of the molecule is C=c1cccc/c1=C/N=NC.CC.CC. The molecule has 1 aromatic carbocycles. The Bertz CT molecular complexity index is 353. The van der Waals surface area contributed by atoms with Gasteiger partial charge in [0, 0.05) is 12.3 Å². The van der Waals surface area contributed by atoms with Gasteiger partial charge in [-0.25, -0.2) is 0 Å². The van der Waals surface area contributed by atoms with Crippen LogP contribution in [0.25, 0.3) is 12.8 Å². The van der Waals surface area contributed by atoms with Crippen molar-refractivity contribution in [1.82, 2.24) is 0 Å². The van der Waals surface area contributed by atoms with Crippen LogP contribution in [0.1, 0.15) is 27.7 Å². The maximum atomic E-state index is 3.84. The second-order valence-electron chi connectivity index (χ2n) is 2.14. The van der Waals surface area contributed by atoms with Crippen LogP contribution in [0.5, 0.6) is 0 Å². The average molecular weight is 206 g/mol. The van der Waals surface area contributed by atoms with Gasteiger partial charge in [-0.3, -0.25) is 0 Å². The minimum atomic E-state index is 0.972. The number of rotatable bonds is 1. The number of benzene rings is 1. The van der Waals surface area contributed by atoms with Gasteiger partial charge < -0.3 is 0 Å². The fourth-order valence-electron chi connectivity index (χ4n) is 0.780. The molecule has 84 valence electrons. The third-order valence-corrected chi connectivity index (χ3v) is 1.37. The molecule has 0 saturated heterocycles. The highest BCUT2D eigenvalue weighted by Gasteiger charge is 1.77. The zero-order valence-electron chi connectivity index (χ0n) is 10.5. The maximum Gasteiger partial charge on any atom is 0.0569 e. The molecule has 0 amide bonds. The van der Waals surface area contributed by atoms with Crippen LogP contribution in [0, 0.1) is 0 Å². The minimum Gasteiger partial charge on any atom is -0.193 e. The summed E-state index contributed by atoms with van der Waals surface area (Å²) in [4.78, 5) is 0. The number of hydrogen-bond donors (Lipinski definition) is 0. The highest BCUT2D eigenvalue weighted by Crippen LogP contribution is 1.73. The molecule has 0 N–H and O–H groups in total. The van der Waals surface area contributed by atoms with Crippen molar-refractivity contribution in [1.29, 1.82) is 0 Å². The van der Waals surface area contributed by atoms with Gasteiger partial charge in [0.15, 0.2) is 0 Å². The molecular formula is C13H22N2. The lowest BCUT2D eigenvalue weighted by Gasteiger charge is -1.83. The lowest BCUT2D eigenvalue weighted by atomic mass is 10.3. The number of azo groups is 1. The van der Waals surface area contributed by atoms with Gasteiger partial charge in [0.1, 0.15) is 0 Å². The molecule has 0 aliphatic rings. The molecule has 0 saturated carbocycles. The van der Waals surface area contributed by atoms with Crippen molar-refractivity contribution in [3.05, 3.63) is 34.7 Å². The van der Waals surface area contributed by atoms with E-state index in [9.17, 15) is 0 Å². The Kier molecular flexibility index (Phi) is 13.4. The van der Waals surface area contributed by atoms with E-state index in [1.165, 1.54) is 0 Å². The second kappa shape index (κ2) is 12.6. The van der Waals surface area contributed by atoms with E-state index in [2.05, 4.69) is 16.8 Å². The van der Waals surface area contributed by atoms with Gasteiger partial charge in [0.05, 0.1) is 6.20 Å². The quantitative estimate of drug-likeness (QED) is 0.631. The van der Waals surface area contributed by atoms with Crippen LogP contribution >= 0.6 is 0 Å². The number of hydrogen-bond acceptors (Lipinski definition) is 2. The molecule has 0 radical (unpaired) electrons. The molecule has 0 aliphatic carbocycles. The molecule has 0 heterocycles. The molecular weight excluding hydrogens is 184 g/mol. The normalized spacial score (nSPS) is 10.1. The molecule has 0 fully saturated rings. The van der Waals surface area contributed by atoms with E-state index in [-0.39, 0.29) is 0 Å². The zero-order chi connectivity index (χ0) is 12.1. The summed E-state index contributed by atoms with van der Waals surface area (Å²) in [6.07, 6.45) is 1.70. The summed E-state index contributed by atoms with van der Waals surface area (Å²) >= 11 is 0. The lowest BCUT2D eigenvalue weighted by molar-refractivity contribution is 1.20. The fraction of sp³-hybridized carbons (Fsp3) is 0.385. The maximum absolute atomic E-state index is 3.84. The summed E-state index contributed by atoms with van der Waals surface area (Å²) in [5.41, 5.74) is 0. The average Bonchev–Trinajstić information content (AvgIpc) is 2.33. The molecule has 15 heavy (non-hydrogen) atoms. The van der Waals surface area contributed by atoms with Crippen molar-refractivity contribution >= 4 is 12.8 Å². The topological polar surface area (TPSA) is 24.7 Å². The minimum absolute atomic E-state index is 0.972. The Labute approximate surface area is 93.1 Å². The van der Waals surface area contributed by atoms with Crippen LogP contribution in [-0.2, 0) is 0 Å². The summed E-state index contributed by atoms with van der Waals surface area (Å²) in [7, 11) is 1.64. The Morgan fingerprint density at radius 1 is 1.07 bits per heavy atom. The van der Waals surface area contributed by atoms with E-state index < -0.39 is 0 Å².